The third kappa shape index (κ3) is 5.94. The molecule has 29 heavy (non-hydrogen) atoms. The number of hydrogen-bond acceptors (Lipinski definition) is 6. The van der Waals surface area contributed by atoms with Crippen molar-refractivity contribution < 1.29 is 19.0 Å². The minimum Gasteiger partial charge on any atom is -0.459 e. The predicted molar refractivity (Wildman–Crippen MR) is 119 cm³/mol. The first-order valence-electron chi connectivity index (χ1n) is 9.90. The van der Waals surface area contributed by atoms with E-state index in [1.165, 1.54) is 0 Å². The Bertz CT molecular complexity index is 867. The van der Waals surface area contributed by atoms with Crippen molar-refractivity contribution in [3.8, 4) is 0 Å². The molecule has 160 valence electrons. The number of fused-ring (bicyclic) bond motifs is 1. The van der Waals surface area contributed by atoms with E-state index < -0.39 is 11.4 Å². The van der Waals surface area contributed by atoms with Crippen molar-refractivity contribution >= 4 is 38.0 Å². The van der Waals surface area contributed by atoms with Gasteiger partial charge in [-0.25, -0.2) is 4.98 Å². The van der Waals surface area contributed by atoms with Crippen LogP contribution < -0.4 is 0 Å². The van der Waals surface area contributed by atoms with Gasteiger partial charge in [0, 0.05) is 25.4 Å². The molecule has 2 heterocycles. The highest BCUT2D eigenvalue weighted by Crippen LogP contribution is 2.32. The second-order valence-electron chi connectivity index (χ2n) is 8.51. The molecular weight excluding hydrogens is 407 g/mol. The second kappa shape index (κ2) is 8.93. The Morgan fingerprint density at radius 1 is 1.34 bits per heavy atom. The van der Waals surface area contributed by atoms with Crippen LogP contribution in [0.5, 0.6) is 0 Å². The molecule has 1 aliphatic heterocycles. The van der Waals surface area contributed by atoms with Crippen LogP contribution in [-0.4, -0.2) is 51.0 Å². The molecule has 1 aromatic carbocycles. The first-order chi connectivity index (χ1) is 13.6. The highest BCUT2D eigenvalue weighted by molar-refractivity contribution is 7.99. The molecule has 1 fully saturated rings. The number of thioether (sulfide) groups is 1. The van der Waals surface area contributed by atoms with Gasteiger partial charge in [0.2, 0.25) is 0 Å². The van der Waals surface area contributed by atoms with Crippen LogP contribution in [0.4, 0.5) is 0 Å². The number of carbonyl (C=O) groups is 1. The molecule has 0 spiro atoms. The summed E-state index contributed by atoms with van der Waals surface area (Å²) in [6.45, 7) is 7.60. The van der Waals surface area contributed by atoms with E-state index in [-0.39, 0.29) is 24.6 Å². The zero-order chi connectivity index (χ0) is 21.2. The van der Waals surface area contributed by atoms with Crippen LogP contribution in [0.2, 0.25) is 0 Å². The number of nitrogens with zero attached hydrogens (tertiary/aromatic N) is 2. The van der Waals surface area contributed by atoms with E-state index in [0.29, 0.717) is 12.6 Å². The summed E-state index contributed by atoms with van der Waals surface area (Å²) in [6, 6.07) is 8.10. The molecule has 3 rings (SSSR count). The lowest BCUT2D eigenvalue weighted by molar-refractivity contribution is -0.295. The monoisotopic (exact) mass is 438 g/mol. The van der Waals surface area contributed by atoms with Gasteiger partial charge in [0.25, 0.3) is 0 Å². The standard InChI is InChI=1S/C21H31N2O4PS/c1-20(2,13-28)27-18(24)11-14-10-15(26-21(3,4)25-14)12-29-19-22-16-8-6-7-9-17(16)23(19)5/h6-9,14-15H,10-13,28H2,1-5H3. The average molecular weight is 439 g/mol. The summed E-state index contributed by atoms with van der Waals surface area (Å²) in [5.74, 6) is -0.231. The van der Waals surface area contributed by atoms with Gasteiger partial charge in [-0.1, -0.05) is 23.9 Å². The van der Waals surface area contributed by atoms with Crippen molar-refractivity contribution in [2.24, 2.45) is 7.05 Å². The van der Waals surface area contributed by atoms with E-state index >= 15 is 0 Å². The molecule has 1 saturated heterocycles. The molecule has 0 aliphatic carbocycles. The maximum absolute atomic E-state index is 12.4. The van der Waals surface area contributed by atoms with Gasteiger partial charge in [-0.3, -0.25) is 4.79 Å². The lowest BCUT2D eigenvalue weighted by atomic mass is 10.1. The van der Waals surface area contributed by atoms with E-state index in [1.54, 1.807) is 11.8 Å². The minimum absolute atomic E-state index is 0.0314. The summed E-state index contributed by atoms with van der Waals surface area (Å²) >= 11 is 1.67. The van der Waals surface area contributed by atoms with Gasteiger partial charge in [0.05, 0.1) is 29.7 Å². The van der Waals surface area contributed by atoms with Gasteiger partial charge in [0.1, 0.15) is 5.60 Å². The van der Waals surface area contributed by atoms with Crippen molar-refractivity contribution in [2.45, 2.75) is 69.3 Å². The normalized spacial score (nSPS) is 22.0. The summed E-state index contributed by atoms with van der Waals surface area (Å²) in [4.78, 5) is 17.1. The van der Waals surface area contributed by atoms with E-state index in [1.807, 2.05) is 52.9 Å². The highest BCUT2D eigenvalue weighted by Gasteiger charge is 2.37. The molecule has 8 heteroatoms. The average Bonchev–Trinajstić information content (AvgIpc) is 2.94. The van der Waals surface area contributed by atoms with Crippen molar-refractivity contribution in [1.82, 2.24) is 9.55 Å². The number of esters is 1. The molecule has 0 saturated carbocycles. The summed E-state index contributed by atoms with van der Waals surface area (Å²) in [5, 5.41) is 0.956. The summed E-state index contributed by atoms with van der Waals surface area (Å²) in [5.41, 5.74) is 1.61. The highest BCUT2D eigenvalue weighted by atomic mass is 32.2. The van der Waals surface area contributed by atoms with E-state index in [9.17, 15) is 4.79 Å². The third-order valence-electron chi connectivity index (χ3n) is 4.85. The number of ether oxygens (including phenoxy) is 3. The Kier molecular flexibility index (Phi) is 6.94. The third-order valence-corrected chi connectivity index (χ3v) is 6.99. The molecule has 2 aromatic rings. The largest absolute Gasteiger partial charge is 0.459 e. The van der Waals surface area contributed by atoms with Gasteiger partial charge < -0.3 is 18.8 Å². The number of carbonyl (C=O) groups excluding carboxylic acids is 1. The number of para-hydroxylation sites is 2. The topological polar surface area (TPSA) is 62.6 Å². The van der Waals surface area contributed by atoms with Crippen molar-refractivity contribution in [1.29, 1.82) is 0 Å². The van der Waals surface area contributed by atoms with Crippen LogP contribution in [-0.2, 0) is 26.1 Å². The molecular formula is C21H31N2O4PS. The zero-order valence-electron chi connectivity index (χ0n) is 17.8. The van der Waals surface area contributed by atoms with Gasteiger partial charge >= 0.3 is 5.97 Å². The number of aromatic nitrogens is 2. The summed E-state index contributed by atoms with van der Waals surface area (Å²) in [7, 11) is 4.64. The zero-order valence-corrected chi connectivity index (χ0v) is 19.8. The smallest absolute Gasteiger partial charge is 0.308 e. The number of aryl methyl sites for hydroxylation is 1. The molecule has 3 atom stereocenters. The van der Waals surface area contributed by atoms with Crippen molar-refractivity contribution in [3.05, 3.63) is 24.3 Å². The Hall–Kier alpha value is -1.14. The van der Waals surface area contributed by atoms with Crippen molar-refractivity contribution in [2.75, 3.05) is 11.9 Å². The lowest BCUT2D eigenvalue weighted by Gasteiger charge is -2.40. The van der Waals surface area contributed by atoms with E-state index in [2.05, 4.69) is 19.9 Å². The predicted octanol–water partition coefficient (Wildman–Crippen LogP) is 4.16. The van der Waals surface area contributed by atoms with Gasteiger partial charge in [-0.05, 0) is 39.8 Å². The Labute approximate surface area is 179 Å². The molecule has 1 aliphatic rings. The van der Waals surface area contributed by atoms with Gasteiger partial charge in [0.15, 0.2) is 10.9 Å². The van der Waals surface area contributed by atoms with Crippen LogP contribution in [0.3, 0.4) is 0 Å². The van der Waals surface area contributed by atoms with Gasteiger partial charge in [-0.2, -0.15) is 0 Å². The fourth-order valence-corrected chi connectivity index (χ4v) is 4.52. The summed E-state index contributed by atoms with van der Waals surface area (Å²) < 4.78 is 19.8. The Morgan fingerprint density at radius 2 is 2.03 bits per heavy atom. The summed E-state index contributed by atoms with van der Waals surface area (Å²) in [6.07, 6.45) is 1.31. The molecule has 0 amide bonds. The second-order valence-corrected chi connectivity index (χ2v) is 9.91. The van der Waals surface area contributed by atoms with Crippen LogP contribution >= 0.6 is 21.0 Å². The first-order valence-corrected chi connectivity index (χ1v) is 11.7. The fourth-order valence-electron chi connectivity index (χ4n) is 3.44. The van der Waals surface area contributed by atoms with Gasteiger partial charge in [-0.15, -0.1) is 9.24 Å². The van der Waals surface area contributed by atoms with Crippen LogP contribution in [0.15, 0.2) is 29.4 Å². The number of rotatable bonds is 7. The van der Waals surface area contributed by atoms with Crippen molar-refractivity contribution in [3.63, 3.8) is 0 Å². The molecule has 0 bridgehead atoms. The first kappa shape index (κ1) is 22.5. The lowest BCUT2D eigenvalue weighted by Crippen LogP contribution is -2.46. The maximum Gasteiger partial charge on any atom is 0.308 e. The number of imidazole rings is 1. The Balaban J connectivity index is 1.61. The Morgan fingerprint density at radius 3 is 2.72 bits per heavy atom. The molecule has 3 unspecified atom stereocenters. The maximum atomic E-state index is 12.4. The molecule has 0 radical (unpaired) electrons. The van der Waals surface area contributed by atoms with E-state index in [4.69, 9.17) is 19.2 Å². The molecule has 0 N–H and O–H groups in total. The van der Waals surface area contributed by atoms with Crippen LogP contribution in [0.1, 0.15) is 40.5 Å². The number of hydrogen-bond donors (Lipinski definition) is 0. The SMILES string of the molecule is Cn1c(SCC2CC(CC(=O)OC(C)(C)CP)OC(C)(C)O2)nc2ccccc21. The number of benzene rings is 1. The van der Waals surface area contributed by atoms with Crippen LogP contribution in [0.25, 0.3) is 11.0 Å². The van der Waals surface area contributed by atoms with E-state index in [0.717, 1.165) is 21.9 Å². The molecule has 1 aromatic heterocycles. The minimum atomic E-state index is -0.739. The van der Waals surface area contributed by atoms with Crippen LogP contribution in [0, 0.1) is 0 Å². The molecule has 6 nitrogen and oxygen atoms in total. The quantitative estimate of drug-likeness (QED) is 0.367. The fraction of sp³-hybridized carbons (Fsp3) is 0.619.